The Kier molecular flexibility index (Phi) is 5.06. The van der Waals surface area contributed by atoms with E-state index in [1.807, 2.05) is 0 Å². The molecule has 0 saturated heterocycles. The lowest BCUT2D eigenvalue weighted by Crippen LogP contribution is -2.62. The van der Waals surface area contributed by atoms with Gasteiger partial charge in [0.05, 0.1) is 6.04 Å². The van der Waals surface area contributed by atoms with Crippen molar-refractivity contribution in [1.82, 2.24) is 9.80 Å². The van der Waals surface area contributed by atoms with Gasteiger partial charge >= 0.3 is 0 Å². The van der Waals surface area contributed by atoms with Gasteiger partial charge in [-0.3, -0.25) is 0 Å². The van der Waals surface area contributed by atoms with Crippen LogP contribution >= 0.6 is 0 Å². The van der Waals surface area contributed by atoms with Gasteiger partial charge in [0, 0.05) is 41.4 Å². The van der Waals surface area contributed by atoms with Gasteiger partial charge in [-0.05, 0) is 26.2 Å². The molecular weight excluding hydrogens is 280 g/mol. The summed E-state index contributed by atoms with van der Waals surface area (Å²) in [6.45, 7) is 29.5. The van der Waals surface area contributed by atoms with Gasteiger partial charge in [-0.1, -0.05) is 62.3 Å². The lowest BCUT2D eigenvalue weighted by molar-refractivity contribution is -0.00703. The SMILES string of the molecule is CN1CC(C(C)(C)C)N(C(C)(C)C)C(C(C)(C)C)=C1C(C)(C)C. The molecule has 2 heteroatoms. The molecule has 0 bridgehead atoms. The van der Waals surface area contributed by atoms with E-state index >= 15 is 0 Å². The molecular formula is C21H42N2. The number of hydrogen-bond donors (Lipinski definition) is 0. The first-order valence-corrected chi connectivity index (χ1v) is 9.14. The largest absolute Gasteiger partial charge is 0.374 e. The first-order chi connectivity index (χ1) is 9.88. The summed E-state index contributed by atoms with van der Waals surface area (Å²) in [7, 11) is 2.28. The Morgan fingerprint density at radius 3 is 1.35 bits per heavy atom. The zero-order chi connectivity index (χ0) is 18.6. The van der Waals surface area contributed by atoms with Gasteiger partial charge in [0.15, 0.2) is 0 Å². The maximum absolute atomic E-state index is 2.74. The fraction of sp³-hybridized carbons (Fsp3) is 0.905. The maximum atomic E-state index is 2.74. The highest BCUT2D eigenvalue weighted by atomic mass is 15.3. The van der Waals surface area contributed by atoms with Crippen molar-refractivity contribution in [3.63, 3.8) is 0 Å². The van der Waals surface area contributed by atoms with Crippen molar-refractivity contribution < 1.29 is 0 Å². The standard InChI is InChI=1S/C21H42N2/c1-18(2,3)15-14-22(13)16(19(4,5)6)17(20(7,8)9)23(15)21(10,11)12/h15H,14H2,1-13H3. The molecule has 1 rings (SSSR count). The molecule has 0 aromatic rings. The molecule has 2 nitrogen and oxygen atoms in total. The summed E-state index contributed by atoms with van der Waals surface area (Å²) in [6, 6.07) is 0.507. The van der Waals surface area contributed by atoms with E-state index in [4.69, 9.17) is 0 Å². The Bertz CT molecular complexity index is 458. The van der Waals surface area contributed by atoms with Crippen molar-refractivity contribution in [3.8, 4) is 0 Å². The number of allylic oxidation sites excluding steroid dienone is 2. The molecule has 1 heterocycles. The van der Waals surface area contributed by atoms with Gasteiger partial charge in [-0.25, -0.2) is 0 Å². The molecule has 0 amide bonds. The molecule has 0 spiro atoms. The molecule has 0 aromatic heterocycles. The predicted octanol–water partition coefficient (Wildman–Crippen LogP) is 5.75. The van der Waals surface area contributed by atoms with Gasteiger partial charge < -0.3 is 9.80 Å². The third kappa shape index (κ3) is 4.25. The topological polar surface area (TPSA) is 6.48 Å². The van der Waals surface area contributed by atoms with Crippen LogP contribution in [0.15, 0.2) is 11.4 Å². The maximum Gasteiger partial charge on any atom is 0.0516 e. The fourth-order valence-corrected chi connectivity index (χ4v) is 3.99. The van der Waals surface area contributed by atoms with E-state index in [9.17, 15) is 0 Å². The molecule has 0 N–H and O–H groups in total. The molecule has 1 unspecified atom stereocenters. The highest BCUT2D eigenvalue weighted by Gasteiger charge is 2.47. The fourth-order valence-electron chi connectivity index (χ4n) is 3.99. The minimum Gasteiger partial charge on any atom is -0.374 e. The van der Waals surface area contributed by atoms with E-state index in [0.717, 1.165) is 6.54 Å². The summed E-state index contributed by atoms with van der Waals surface area (Å²) in [5.74, 6) is 0. The van der Waals surface area contributed by atoms with E-state index in [2.05, 4.69) is 99.9 Å². The first-order valence-electron chi connectivity index (χ1n) is 9.14. The molecule has 0 saturated carbocycles. The number of rotatable bonds is 0. The van der Waals surface area contributed by atoms with Crippen LogP contribution in [-0.4, -0.2) is 35.0 Å². The average Bonchev–Trinajstić information content (AvgIpc) is 2.21. The molecule has 1 aliphatic rings. The predicted molar refractivity (Wildman–Crippen MR) is 103 cm³/mol. The van der Waals surface area contributed by atoms with E-state index < -0.39 is 0 Å². The molecule has 0 fully saturated rings. The van der Waals surface area contributed by atoms with Crippen LogP contribution in [0.4, 0.5) is 0 Å². The van der Waals surface area contributed by atoms with Crippen LogP contribution in [0.2, 0.25) is 0 Å². The highest BCUT2D eigenvalue weighted by Crippen LogP contribution is 2.48. The Labute approximate surface area is 146 Å². The summed E-state index contributed by atoms with van der Waals surface area (Å²) in [5.41, 5.74) is 3.63. The van der Waals surface area contributed by atoms with Crippen molar-refractivity contribution >= 4 is 0 Å². The number of likely N-dealkylation sites (N-methyl/N-ethyl adjacent to an activating group) is 1. The number of nitrogens with zero attached hydrogens (tertiary/aromatic N) is 2. The van der Waals surface area contributed by atoms with Crippen LogP contribution in [0.3, 0.4) is 0 Å². The Morgan fingerprint density at radius 1 is 0.696 bits per heavy atom. The minimum atomic E-state index is 0.109. The second kappa shape index (κ2) is 5.70. The van der Waals surface area contributed by atoms with Crippen LogP contribution in [0.25, 0.3) is 0 Å². The highest BCUT2D eigenvalue weighted by molar-refractivity contribution is 5.29. The summed E-state index contributed by atoms with van der Waals surface area (Å²) in [5, 5.41) is 0. The third-order valence-corrected chi connectivity index (χ3v) is 4.75. The van der Waals surface area contributed by atoms with Crippen LogP contribution in [0.5, 0.6) is 0 Å². The Morgan fingerprint density at radius 2 is 1.09 bits per heavy atom. The quantitative estimate of drug-likeness (QED) is 0.560. The van der Waals surface area contributed by atoms with Crippen LogP contribution in [0, 0.1) is 16.2 Å². The first kappa shape index (κ1) is 20.4. The second-order valence-corrected chi connectivity index (χ2v) is 11.5. The average molecular weight is 323 g/mol. The minimum absolute atomic E-state index is 0.109. The Hall–Kier alpha value is -0.660. The summed E-state index contributed by atoms with van der Waals surface area (Å²) >= 11 is 0. The molecule has 0 radical (unpaired) electrons. The molecule has 1 aliphatic heterocycles. The van der Waals surface area contributed by atoms with Gasteiger partial charge in [0.2, 0.25) is 0 Å². The van der Waals surface area contributed by atoms with E-state index in [-0.39, 0.29) is 21.8 Å². The second-order valence-electron chi connectivity index (χ2n) is 11.5. The molecule has 0 aromatic carbocycles. The summed E-state index contributed by atoms with van der Waals surface area (Å²) < 4.78 is 0. The summed E-state index contributed by atoms with van der Waals surface area (Å²) in [6.07, 6.45) is 0. The lowest BCUT2D eigenvalue weighted by atomic mass is 9.73. The van der Waals surface area contributed by atoms with Crippen LogP contribution < -0.4 is 0 Å². The van der Waals surface area contributed by atoms with Gasteiger partial charge in [0.1, 0.15) is 0 Å². The van der Waals surface area contributed by atoms with Crippen molar-refractivity contribution in [2.75, 3.05) is 13.6 Å². The van der Waals surface area contributed by atoms with E-state index in [1.165, 1.54) is 11.4 Å². The lowest BCUT2D eigenvalue weighted by Gasteiger charge is -2.59. The normalized spacial score (nSPS) is 22.0. The third-order valence-electron chi connectivity index (χ3n) is 4.75. The van der Waals surface area contributed by atoms with Gasteiger partial charge in [0.25, 0.3) is 0 Å². The van der Waals surface area contributed by atoms with E-state index in [0.29, 0.717) is 6.04 Å². The van der Waals surface area contributed by atoms with Gasteiger partial charge in [-0.2, -0.15) is 0 Å². The van der Waals surface area contributed by atoms with Crippen molar-refractivity contribution in [1.29, 1.82) is 0 Å². The smallest absolute Gasteiger partial charge is 0.0516 e. The molecule has 0 aliphatic carbocycles. The Balaban J connectivity index is 3.78. The molecule has 136 valence electrons. The van der Waals surface area contributed by atoms with Crippen LogP contribution in [0.1, 0.15) is 83.1 Å². The zero-order valence-electron chi connectivity index (χ0n) is 18.2. The van der Waals surface area contributed by atoms with Crippen LogP contribution in [-0.2, 0) is 0 Å². The van der Waals surface area contributed by atoms with Gasteiger partial charge in [-0.15, -0.1) is 0 Å². The zero-order valence-corrected chi connectivity index (χ0v) is 18.2. The molecule has 1 atom stereocenters. The van der Waals surface area contributed by atoms with E-state index in [1.54, 1.807) is 0 Å². The monoisotopic (exact) mass is 322 g/mol. The molecule has 23 heavy (non-hydrogen) atoms. The number of hydrogen-bond acceptors (Lipinski definition) is 2. The summed E-state index contributed by atoms with van der Waals surface area (Å²) in [4.78, 5) is 5.27. The van der Waals surface area contributed by atoms with Crippen molar-refractivity contribution in [3.05, 3.63) is 11.4 Å². The van der Waals surface area contributed by atoms with Crippen molar-refractivity contribution in [2.45, 2.75) is 94.7 Å². The van der Waals surface area contributed by atoms with Crippen molar-refractivity contribution in [2.24, 2.45) is 16.2 Å².